The third-order valence-corrected chi connectivity index (χ3v) is 3.35. The third-order valence-electron chi connectivity index (χ3n) is 3.35. The van der Waals surface area contributed by atoms with E-state index in [2.05, 4.69) is 0 Å². The van der Waals surface area contributed by atoms with Crippen LogP contribution in [0.4, 0.5) is 0 Å². The minimum absolute atomic E-state index is 0.118. The molecule has 0 spiro atoms. The summed E-state index contributed by atoms with van der Waals surface area (Å²) < 4.78 is 5.03. The van der Waals surface area contributed by atoms with Gasteiger partial charge in [0.1, 0.15) is 11.7 Å². The number of hydrogen-bond donors (Lipinski definition) is 0. The molecular formula is C13H22O3. The van der Waals surface area contributed by atoms with Gasteiger partial charge >= 0.3 is 5.97 Å². The molecule has 16 heavy (non-hydrogen) atoms. The Morgan fingerprint density at radius 3 is 2.12 bits per heavy atom. The van der Waals surface area contributed by atoms with Crippen LogP contribution in [-0.2, 0) is 14.3 Å². The maximum atomic E-state index is 12.1. The van der Waals surface area contributed by atoms with Crippen LogP contribution in [0.25, 0.3) is 0 Å². The molecule has 1 aliphatic carbocycles. The summed E-state index contributed by atoms with van der Waals surface area (Å²) >= 11 is 0. The summed E-state index contributed by atoms with van der Waals surface area (Å²) in [5.74, 6) is -0.426. The molecule has 0 N–H and O–H groups in total. The molecule has 0 aromatic carbocycles. The Bertz CT molecular complexity index is 252. The number of ether oxygens (including phenoxy) is 1. The van der Waals surface area contributed by atoms with Crippen molar-refractivity contribution >= 4 is 11.8 Å². The molecule has 1 fully saturated rings. The van der Waals surface area contributed by atoms with Gasteiger partial charge in [-0.25, -0.2) is 0 Å². The monoisotopic (exact) mass is 226 g/mol. The van der Waals surface area contributed by atoms with E-state index < -0.39 is 5.92 Å². The Morgan fingerprint density at radius 2 is 1.75 bits per heavy atom. The summed E-state index contributed by atoms with van der Waals surface area (Å²) in [5, 5.41) is 0. The lowest BCUT2D eigenvalue weighted by Gasteiger charge is -2.22. The first-order chi connectivity index (χ1) is 7.65. The van der Waals surface area contributed by atoms with Crippen molar-refractivity contribution in [3.05, 3.63) is 0 Å². The van der Waals surface area contributed by atoms with Crippen molar-refractivity contribution in [3.8, 4) is 0 Å². The second-order valence-electron chi connectivity index (χ2n) is 4.48. The van der Waals surface area contributed by atoms with E-state index in [1.54, 1.807) is 6.92 Å². The Balaban J connectivity index is 2.73. The largest absolute Gasteiger partial charge is 0.465 e. The predicted octanol–water partition coefficient (Wildman–Crippen LogP) is 2.58. The van der Waals surface area contributed by atoms with E-state index in [0.717, 1.165) is 25.7 Å². The van der Waals surface area contributed by atoms with Crippen LogP contribution in [0.1, 0.15) is 46.5 Å². The highest BCUT2D eigenvalue weighted by molar-refractivity contribution is 6.01. The van der Waals surface area contributed by atoms with Gasteiger partial charge < -0.3 is 4.74 Å². The number of rotatable bonds is 7. The van der Waals surface area contributed by atoms with Gasteiger partial charge in [-0.15, -0.1) is 0 Å². The van der Waals surface area contributed by atoms with Gasteiger partial charge in [0.25, 0.3) is 0 Å². The molecule has 0 aromatic rings. The van der Waals surface area contributed by atoms with E-state index >= 15 is 0 Å². The number of esters is 1. The second kappa shape index (κ2) is 6.02. The lowest BCUT2D eigenvalue weighted by molar-refractivity contribution is -0.154. The number of carbonyl (C=O) groups is 2. The van der Waals surface area contributed by atoms with Crippen molar-refractivity contribution in [3.63, 3.8) is 0 Å². The van der Waals surface area contributed by atoms with Crippen molar-refractivity contribution in [1.29, 1.82) is 0 Å². The number of hydrogen-bond acceptors (Lipinski definition) is 3. The summed E-state index contributed by atoms with van der Waals surface area (Å²) in [4.78, 5) is 23.9. The zero-order valence-corrected chi connectivity index (χ0v) is 10.5. The maximum Gasteiger partial charge on any atom is 0.316 e. The van der Waals surface area contributed by atoms with E-state index in [0.29, 0.717) is 6.61 Å². The molecule has 1 aliphatic rings. The van der Waals surface area contributed by atoms with Crippen molar-refractivity contribution < 1.29 is 14.3 Å². The van der Waals surface area contributed by atoms with E-state index in [1.165, 1.54) is 0 Å². The molecule has 0 aromatic heterocycles. The van der Waals surface area contributed by atoms with E-state index in [4.69, 9.17) is 4.74 Å². The van der Waals surface area contributed by atoms with Gasteiger partial charge in [-0.05, 0) is 25.7 Å². The van der Waals surface area contributed by atoms with Crippen LogP contribution in [-0.4, -0.2) is 18.4 Å². The zero-order chi connectivity index (χ0) is 12.1. The molecule has 0 bridgehead atoms. The van der Waals surface area contributed by atoms with Crippen LogP contribution in [0.3, 0.4) is 0 Å². The van der Waals surface area contributed by atoms with E-state index in [1.807, 2.05) is 13.8 Å². The molecule has 92 valence electrons. The first-order valence-corrected chi connectivity index (χ1v) is 6.35. The van der Waals surface area contributed by atoms with Crippen molar-refractivity contribution in [2.45, 2.75) is 46.5 Å². The normalized spacial score (nSPS) is 17.2. The fourth-order valence-electron chi connectivity index (χ4n) is 2.15. The van der Waals surface area contributed by atoms with Crippen molar-refractivity contribution in [1.82, 2.24) is 0 Å². The first kappa shape index (κ1) is 13.2. The summed E-state index contributed by atoms with van der Waals surface area (Å²) in [6.07, 6.45) is 3.63. The molecule has 0 radical (unpaired) electrons. The fraction of sp³-hybridized carbons (Fsp3) is 0.846. The Morgan fingerprint density at radius 1 is 1.19 bits per heavy atom. The second-order valence-corrected chi connectivity index (χ2v) is 4.48. The fourth-order valence-corrected chi connectivity index (χ4v) is 2.15. The minimum Gasteiger partial charge on any atom is -0.465 e. The zero-order valence-electron chi connectivity index (χ0n) is 10.5. The van der Waals surface area contributed by atoms with Crippen molar-refractivity contribution in [2.24, 2.45) is 17.8 Å². The number of Topliss-reactive ketones (excluding diaryl/α,β-unsaturated/α-hetero) is 1. The SMILES string of the molecule is CCOC(=O)C(C(=O)C1CC1)C(CC)CC. The quantitative estimate of drug-likeness (QED) is 0.495. The van der Waals surface area contributed by atoms with Gasteiger partial charge in [0.05, 0.1) is 6.61 Å². The average Bonchev–Trinajstić information content (AvgIpc) is 3.08. The van der Waals surface area contributed by atoms with Crippen LogP contribution < -0.4 is 0 Å². The van der Waals surface area contributed by atoms with E-state index in [9.17, 15) is 9.59 Å². The standard InChI is InChI=1S/C13H22O3/c1-4-9(5-2)11(13(15)16-6-3)12(14)10-7-8-10/h9-11H,4-8H2,1-3H3. The van der Waals surface area contributed by atoms with Gasteiger partial charge in [0.15, 0.2) is 0 Å². The number of ketones is 1. The van der Waals surface area contributed by atoms with Crippen LogP contribution in [0, 0.1) is 17.8 Å². The van der Waals surface area contributed by atoms with Gasteiger partial charge in [-0.2, -0.15) is 0 Å². The molecule has 0 amide bonds. The van der Waals surface area contributed by atoms with Crippen LogP contribution in [0.5, 0.6) is 0 Å². The van der Waals surface area contributed by atoms with Crippen LogP contribution in [0.15, 0.2) is 0 Å². The molecule has 1 saturated carbocycles. The molecular weight excluding hydrogens is 204 g/mol. The lowest BCUT2D eigenvalue weighted by atomic mass is 9.83. The topological polar surface area (TPSA) is 43.4 Å². The summed E-state index contributed by atoms with van der Waals surface area (Å²) in [6, 6.07) is 0. The molecule has 3 nitrogen and oxygen atoms in total. The molecule has 0 heterocycles. The smallest absolute Gasteiger partial charge is 0.316 e. The molecule has 1 rings (SSSR count). The van der Waals surface area contributed by atoms with Gasteiger partial charge in [-0.1, -0.05) is 26.7 Å². The lowest BCUT2D eigenvalue weighted by Crippen LogP contribution is -2.33. The van der Waals surface area contributed by atoms with Gasteiger partial charge in [0.2, 0.25) is 0 Å². The molecule has 0 aliphatic heterocycles. The predicted molar refractivity (Wildman–Crippen MR) is 61.9 cm³/mol. The Hall–Kier alpha value is -0.860. The van der Waals surface area contributed by atoms with E-state index in [-0.39, 0.29) is 23.6 Å². The average molecular weight is 226 g/mol. The molecule has 0 saturated heterocycles. The Kier molecular flexibility index (Phi) is 4.97. The van der Waals surface area contributed by atoms with Gasteiger partial charge in [0, 0.05) is 5.92 Å². The maximum absolute atomic E-state index is 12.1. The summed E-state index contributed by atoms with van der Waals surface area (Å²) in [5.41, 5.74) is 0. The Labute approximate surface area is 97.5 Å². The minimum atomic E-state index is -0.512. The molecule has 3 heteroatoms. The number of carbonyl (C=O) groups excluding carboxylic acids is 2. The molecule has 1 unspecified atom stereocenters. The molecule has 1 atom stereocenters. The van der Waals surface area contributed by atoms with Gasteiger partial charge in [-0.3, -0.25) is 9.59 Å². The summed E-state index contributed by atoms with van der Waals surface area (Å²) in [7, 11) is 0. The highest BCUT2D eigenvalue weighted by Gasteiger charge is 2.41. The van der Waals surface area contributed by atoms with Crippen LogP contribution >= 0.6 is 0 Å². The highest BCUT2D eigenvalue weighted by Crippen LogP contribution is 2.36. The summed E-state index contributed by atoms with van der Waals surface area (Å²) in [6.45, 7) is 6.19. The third kappa shape index (κ3) is 3.06. The highest BCUT2D eigenvalue weighted by atomic mass is 16.5. The van der Waals surface area contributed by atoms with Crippen LogP contribution in [0.2, 0.25) is 0 Å². The van der Waals surface area contributed by atoms with Crippen molar-refractivity contribution in [2.75, 3.05) is 6.61 Å². The first-order valence-electron chi connectivity index (χ1n) is 6.35.